The normalized spacial score (nSPS) is 9.43. The van der Waals surface area contributed by atoms with Crippen molar-refractivity contribution < 1.29 is 14.3 Å². The summed E-state index contributed by atoms with van der Waals surface area (Å²) in [7, 11) is 0. The van der Waals surface area contributed by atoms with Gasteiger partial charge in [-0.3, -0.25) is 0 Å². The minimum absolute atomic E-state index is 0.313. The third kappa shape index (κ3) is 4.87. The van der Waals surface area contributed by atoms with Gasteiger partial charge in [0.25, 0.3) is 0 Å². The van der Waals surface area contributed by atoms with Gasteiger partial charge in [-0.05, 0) is 49.4 Å². The fourth-order valence-electron chi connectivity index (χ4n) is 1.57. The molecule has 4 heteroatoms. The molecule has 0 bridgehead atoms. The largest absolute Gasteiger partial charge is 0.457 e. The summed E-state index contributed by atoms with van der Waals surface area (Å²) in [5, 5.41) is 0.649. The molecule has 0 aliphatic heterocycles. The highest BCUT2D eigenvalue weighted by molar-refractivity contribution is 6.30. The maximum Gasteiger partial charge on any atom is 0.384 e. The van der Waals surface area contributed by atoms with Crippen LogP contribution in [0.15, 0.2) is 48.5 Å². The Morgan fingerprint density at radius 3 is 2.62 bits per heavy atom. The van der Waals surface area contributed by atoms with Crippen molar-refractivity contribution in [2.24, 2.45) is 0 Å². The van der Waals surface area contributed by atoms with Crippen molar-refractivity contribution in [1.29, 1.82) is 0 Å². The summed E-state index contributed by atoms with van der Waals surface area (Å²) in [6, 6.07) is 14.2. The molecule has 0 saturated heterocycles. The molecule has 21 heavy (non-hydrogen) atoms. The molecule has 2 aromatic rings. The number of ether oxygens (including phenoxy) is 2. The first-order chi connectivity index (χ1) is 10.2. The number of rotatable bonds is 3. The molecular weight excluding hydrogens is 288 g/mol. The van der Waals surface area contributed by atoms with E-state index in [1.54, 1.807) is 49.4 Å². The SMILES string of the molecule is CCOC(=O)C#Cc1cccc(Oc2ccc(Cl)cc2)c1. The highest BCUT2D eigenvalue weighted by Gasteiger charge is 1.99. The van der Waals surface area contributed by atoms with Gasteiger partial charge >= 0.3 is 5.97 Å². The van der Waals surface area contributed by atoms with E-state index in [4.69, 9.17) is 21.1 Å². The van der Waals surface area contributed by atoms with Crippen LogP contribution in [0.4, 0.5) is 0 Å². The molecule has 0 heterocycles. The predicted octanol–water partition coefficient (Wildman–Crippen LogP) is 4.05. The Balaban J connectivity index is 2.10. The molecule has 0 unspecified atom stereocenters. The molecule has 0 aliphatic carbocycles. The van der Waals surface area contributed by atoms with Gasteiger partial charge in [-0.25, -0.2) is 4.79 Å². The lowest BCUT2D eigenvalue weighted by Gasteiger charge is -2.05. The molecular formula is C17H13ClO3. The lowest BCUT2D eigenvalue weighted by molar-refractivity contribution is -0.136. The van der Waals surface area contributed by atoms with Crippen molar-refractivity contribution >= 4 is 17.6 Å². The van der Waals surface area contributed by atoms with Crippen molar-refractivity contribution in [2.45, 2.75) is 6.92 Å². The topological polar surface area (TPSA) is 35.5 Å². The number of hydrogen-bond acceptors (Lipinski definition) is 3. The lowest BCUT2D eigenvalue weighted by Crippen LogP contribution is -1.99. The molecule has 3 nitrogen and oxygen atoms in total. The highest BCUT2D eigenvalue weighted by Crippen LogP contribution is 2.23. The van der Waals surface area contributed by atoms with Gasteiger partial charge in [0.2, 0.25) is 0 Å². The molecule has 0 aromatic heterocycles. The quantitative estimate of drug-likeness (QED) is 0.634. The van der Waals surface area contributed by atoms with E-state index < -0.39 is 5.97 Å². The van der Waals surface area contributed by atoms with E-state index in [9.17, 15) is 4.79 Å². The van der Waals surface area contributed by atoms with Gasteiger partial charge in [0.05, 0.1) is 6.61 Å². The number of halogens is 1. The van der Waals surface area contributed by atoms with Crippen LogP contribution in [0.5, 0.6) is 11.5 Å². The molecule has 0 fully saturated rings. The van der Waals surface area contributed by atoms with Crippen LogP contribution < -0.4 is 4.74 Å². The van der Waals surface area contributed by atoms with Crippen LogP contribution in [0.2, 0.25) is 5.02 Å². The van der Waals surface area contributed by atoms with E-state index in [1.165, 1.54) is 0 Å². The molecule has 0 atom stereocenters. The van der Waals surface area contributed by atoms with Crippen molar-refractivity contribution in [3.8, 4) is 23.3 Å². The van der Waals surface area contributed by atoms with Crippen molar-refractivity contribution in [2.75, 3.05) is 6.61 Å². The zero-order valence-electron chi connectivity index (χ0n) is 11.4. The summed E-state index contributed by atoms with van der Waals surface area (Å²) in [5.74, 6) is 5.92. The second kappa shape index (κ2) is 7.37. The molecule has 2 aromatic carbocycles. The summed E-state index contributed by atoms with van der Waals surface area (Å²) < 4.78 is 10.4. The number of hydrogen-bond donors (Lipinski definition) is 0. The Kier molecular flexibility index (Phi) is 5.25. The molecule has 0 aliphatic rings. The minimum Gasteiger partial charge on any atom is -0.457 e. The van der Waals surface area contributed by atoms with Gasteiger partial charge in [0.1, 0.15) is 11.5 Å². The van der Waals surface area contributed by atoms with Crippen molar-refractivity contribution in [3.05, 3.63) is 59.1 Å². The lowest BCUT2D eigenvalue weighted by atomic mass is 10.2. The third-order valence-electron chi connectivity index (χ3n) is 2.47. The van der Waals surface area contributed by atoms with Gasteiger partial charge < -0.3 is 9.47 Å². The van der Waals surface area contributed by atoms with Gasteiger partial charge in [-0.15, -0.1) is 0 Å². The molecule has 0 amide bonds. The molecule has 2 rings (SSSR count). The summed E-state index contributed by atoms with van der Waals surface area (Å²) in [6.07, 6.45) is 0. The summed E-state index contributed by atoms with van der Waals surface area (Å²) in [4.78, 5) is 11.2. The average molecular weight is 301 g/mol. The van der Waals surface area contributed by atoms with Crippen LogP contribution in [-0.2, 0) is 9.53 Å². The van der Waals surface area contributed by atoms with Crippen LogP contribution in [0, 0.1) is 11.8 Å². The van der Waals surface area contributed by atoms with E-state index in [0.29, 0.717) is 28.7 Å². The zero-order chi connectivity index (χ0) is 15.1. The third-order valence-corrected chi connectivity index (χ3v) is 2.72. The molecule has 0 spiro atoms. The Bertz CT molecular complexity index is 681. The Morgan fingerprint density at radius 2 is 1.90 bits per heavy atom. The molecule has 106 valence electrons. The summed E-state index contributed by atoms with van der Waals surface area (Å²) in [5.41, 5.74) is 0.675. The second-order valence-electron chi connectivity index (χ2n) is 4.05. The first-order valence-electron chi connectivity index (χ1n) is 6.39. The van der Waals surface area contributed by atoms with E-state index in [1.807, 2.05) is 6.07 Å². The second-order valence-corrected chi connectivity index (χ2v) is 4.49. The maximum absolute atomic E-state index is 11.2. The first-order valence-corrected chi connectivity index (χ1v) is 6.77. The summed E-state index contributed by atoms with van der Waals surface area (Å²) in [6.45, 7) is 2.05. The summed E-state index contributed by atoms with van der Waals surface area (Å²) >= 11 is 5.82. The van der Waals surface area contributed by atoms with Gasteiger partial charge in [-0.2, -0.15) is 0 Å². The van der Waals surface area contributed by atoms with Crippen LogP contribution in [0.1, 0.15) is 12.5 Å². The first kappa shape index (κ1) is 15.0. The zero-order valence-corrected chi connectivity index (χ0v) is 12.2. The van der Waals surface area contributed by atoms with Gasteiger partial charge in [0, 0.05) is 16.5 Å². The Hall–Kier alpha value is -2.44. The molecule has 0 radical (unpaired) electrons. The van der Waals surface area contributed by atoms with E-state index in [-0.39, 0.29) is 0 Å². The highest BCUT2D eigenvalue weighted by atomic mass is 35.5. The Labute approximate surface area is 128 Å². The standard InChI is InChI=1S/C17H13ClO3/c1-2-20-17(19)11-6-13-4-3-5-16(12-13)21-15-9-7-14(18)8-10-15/h3-5,7-10,12H,2H2,1H3. The van der Waals surface area contributed by atoms with Crippen LogP contribution in [0.25, 0.3) is 0 Å². The van der Waals surface area contributed by atoms with Crippen LogP contribution >= 0.6 is 11.6 Å². The van der Waals surface area contributed by atoms with Crippen LogP contribution in [0.3, 0.4) is 0 Å². The van der Waals surface area contributed by atoms with Crippen molar-refractivity contribution in [1.82, 2.24) is 0 Å². The average Bonchev–Trinajstić information content (AvgIpc) is 2.48. The fourth-order valence-corrected chi connectivity index (χ4v) is 1.69. The van der Waals surface area contributed by atoms with E-state index >= 15 is 0 Å². The number of benzene rings is 2. The monoisotopic (exact) mass is 300 g/mol. The predicted molar refractivity (Wildman–Crippen MR) is 81.5 cm³/mol. The Morgan fingerprint density at radius 1 is 1.14 bits per heavy atom. The fraction of sp³-hybridized carbons (Fsp3) is 0.118. The van der Waals surface area contributed by atoms with Crippen molar-refractivity contribution in [3.63, 3.8) is 0 Å². The van der Waals surface area contributed by atoms with Gasteiger partial charge in [0.15, 0.2) is 0 Å². The number of carbonyl (C=O) groups is 1. The van der Waals surface area contributed by atoms with Gasteiger partial charge in [-0.1, -0.05) is 23.6 Å². The molecule has 0 saturated carbocycles. The number of carbonyl (C=O) groups excluding carboxylic acids is 1. The molecule has 0 N–H and O–H groups in total. The number of esters is 1. The van der Waals surface area contributed by atoms with E-state index in [2.05, 4.69) is 11.8 Å². The smallest absolute Gasteiger partial charge is 0.384 e. The van der Waals surface area contributed by atoms with E-state index in [0.717, 1.165) is 0 Å². The minimum atomic E-state index is -0.540. The van der Waals surface area contributed by atoms with Crippen LogP contribution in [-0.4, -0.2) is 12.6 Å². The maximum atomic E-state index is 11.2.